The number of anilines is 2. The summed E-state index contributed by atoms with van der Waals surface area (Å²) in [5.74, 6) is 0.783. The number of hydrogen-bond acceptors (Lipinski definition) is 20. The van der Waals surface area contributed by atoms with Gasteiger partial charge in [0.25, 0.3) is 5.91 Å². The van der Waals surface area contributed by atoms with Crippen LogP contribution in [0.5, 0.6) is 23.1 Å². The number of ether oxygens (including phenoxy) is 5. The number of aliphatic carboxylic acids is 1. The largest absolute Gasteiger partial charge is 0.489 e. The van der Waals surface area contributed by atoms with Gasteiger partial charge < -0.3 is 53.7 Å². The van der Waals surface area contributed by atoms with Crippen LogP contribution in [0.1, 0.15) is 94.5 Å². The summed E-state index contributed by atoms with van der Waals surface area (Å²) in [5, 5.41) is 30.0. The van der Waals surface area contributed by atoms with Crippen molar-refractivity contribution in [1.82, 2.24) is 55.0 Å². The number of likely N-dealkylation sites (tertiary alicyclic amines) is 1. The van der Waals surface area contributed by atoms with Crippen molar-refractivity contribution in [1.29, 1.82) is 5.26 Å². The lowest BCUT2D eigenvalue weighted by atomic mass is 9.88. The number of piperidine rings is 1. The highest BCUT2D eigenvalue weighted by atomic mass is 16.5. The summed E-state index contributed by atoms with van der Waals surface area (Å²) in [7, 11) is 0. The zero-order valence-corrected chi connectivity index (χ0v) is 48.5. The van der Waals surface area contributed by atoms with Crippen molar-refractivity contribution in [2.24, 2.45) is 5.41 Å². The van der Waals surface area contributed by atoms with Crippen LogP contribution >= 0.6 is 0 Å². The number of nitrogens with one attached hydrogen (secondary N) is 1. The Bertz CT molecular complexity index is 3380. The lowest BCUT2D eigenvalue weighted by Gasteiger charge is -2.39. The molecule has 5 aromatic heterocycles. The number of pyridine rings is 3. The Morgan fingerprint density at radius 2 is 1.66 bits per heavy atom. The standard InChI is InChI=1S/C60H70N14O11/c1-39-32-71(58-64-29-41(30-65-58)48-14-13-47-55(78)60(5,6)74(56(47)67-48)33-40-9-8-20-62-50(40)28-61)23-24-73(39)53(76)35-72-34-42(68-69-72)36-81-25-26-82-38-54(77)70-21-17-43(18-22-70)84-46-12-15-52(63-31-46)85-45-11-7-10-44(27-45)83-37-51(75)66-49(57(79)80)16-19-59(2,3)4/h7-15,20,27,29-31,34,39,43,49H,16-19,21-26,32-33,35-38H2,1-6H3,(H,66,75)(H,79,80)/t39-,49+/m1/s1. The van der Waals surface area contributed by atoms with Gasteiger partial charge in [-0.1, -0.05) is 38.1 Å². The van der Waals surface area contributed by atoms with E-state index in [9.17, 15) is 34.3 Å². The zero-order chi connectivity index (χ0) is 60.3. The summed E-state index contributed by atoms with van der Waals surface area (Å²) in [6.45, 7) is 14.6. The number of fused-ring (bicyclic) bond motifs is 1. The number of carboxylic acids is 1. The third kappa shape index (κ3) is 15.7. The average molecular weight is 1160 g/mol. The lowest BCUT2D eigenvalue weighted by molar-refractivity contribution is -0.142. The number of Topliss-reactive ketones (excluding diaryl/α,β-unsaturated/α-hetero) is 1. The molecule has 2 saturated heterocycles. The van der Waals surface area contributed by atoms with Crippen molar-refractivity contribution < 1.29 is 52.8 Å². The molecular weight excluding hydrogens is 1090 g/mol. The Balaban J connectivity index is 0.633. The summed E-state index contributed by atoms with van der Waals surface area (Å²) < 4.78 is 30.5. The molecule has 9 rings (SSSR count). The number of nitrogens with zero attached hydrogens (tertiary/aromatic N) is 13. The minimum Gasteiger partial charge on any atom is -0.489 e. The van der Waals surface area contributed by atoms with Crippen LogP contribution in [0.4, 0.5) is 11.8 Å². The highest BCUT2D eigenvalue weighted by Crippen LogP contribution is 2.40. The van der Waals surface area contributed by atoms with Crippen LogP contribution in [-0.2, 0) is 48.3 Å². The molecule has 0 bridgehead atoms. The highest BCUT2D eigenvalue weighted by Gasteiger charge is 2.45. The Kier molecular flexibility index (Phi) is 19.2. The molecule has 0 aliphatic carbocycles. The second-order valence-corrected chi connectivity index (χ2v) is 22.8. The fraction of sp³-hybridized carbons (Fsp3) is 0.450. The van der Waals surface area contributed by atoms with Crippen molar-refractivity contribution in [3.63, 3.8) is 0 Å². The van der Waals surface area contributed by atoms with Crippen molar-refractivity contribution in [2.75, 3.05) is 69.0 Å². The number of amides is 3. The summed E-state index contributed by atoms with van der Waals surface area (Å²) in [4.78, 5) is 94.4. The van der Waals surface area contributed by atoms with Crippen molar-refractivity contribution in [3.05, 3.63) is 114 Å². The number of hydrogen-bond donors (Lipinski definition) is 2. The number of ketones is 1. The van der Waals surface area contributed by atoms with E-state index in [0.717, 1.165) is 0 Å². The molecule has 0 unspecified atom stereocenters. The first-order valence-electron chi connectivity index (χ1n) is 28.2. The second kappa shape index (κ2) is 27.0. The fourth-order valence-corrected chi connectivity index (χ4v) is 10.1. The van der Waals surface area contributed by atoms with Crippen LogP contribution in [-0.4, -0.2) is 167 Å². The van der Waals surface area contributed by atoms with Gasteiger partial charge in [0.1, 0.15) is 65.8 Å². The molecule has 3 amide bonds. The third-order valence-corrected chi connectivity index (χ3v) is 14.8. The van der Waals surface area contributed by atoms with Gasteiger partial charge in [-0.05, 0) is 75.4 Å². The maximum absolute atomic E-state index is 13.5. The number of aromatic nitrogens is 8. The van der Waals surface area contributed by atoms with Gasteiger partial charge in [-0.2, -0.15) is 5.26 Å². The van der Waals surface area contributed by atoms with E-state index in [4.69, 9.17) is 28.7 Å². The monoisotopic (exact) mass is 1160 g/mol. The number of benzene rings is 1. The normalized spacial score (nSPS) is 16.3. The van der Waals surface area contributed by atoms with Crippen LogP contribution in [0.15, 0.2) is 91.6 Å². The summed E-state index contributed by atoms with van der Waals surface area (Å²) in [6.07, 6.45) is 10.3. The molecule has 3 aliphatic heterocycles. The summed E-state index contributed by atoms with van der Waals surface area (Å²) in [6, 6.07) is 18.3. The molecule has 2 atom stereocenters. The molecule has 1 aromatic carbocycles. The highest BCUT2D eigenvalue weighted by molar-refractivity contribution is 6.13. The van der Waals surface area contributed by atoms with E-state index in [0.29, 0.717) is 127 Å². The molecule has 0 spiro atoms. The maximum atomic E-state index is 13.5. The Labute approximate surface area is 492 Å². The van der Waals surface area contributed by atoms with Crippen LogP contribution in [0.3, 0.4) is 0 Å². The smallest absolute Gasteiger partial charge is 0.326 e. The predicted molar refractivity (Wildman–Crippen MR) is 307 cm³/mol. The zero-order valence-electron chi connectivity index (χ0n) is 48.5. The molecule has 25 nitrogen and oxygen atoms in total. The number of nitriles is 1. The van der Waals surface area contributed by atoms with Gasteiger partial charge in [-0.3, -0.25) is 19.2 Å². The molecule has 446 valence electrons. The fourth-order valence-electron chi connectivity index (χ4n) is 10.1. The molecular formula is C60H70N14O11. The number of carbonyl (C=O) groups excluding carboxylic acids is 4. The molecule has 2 fully saturated rings. The Morgan fingerprint density at radius 1 is 0.882 bits per heavy atom. The van der Waals surface area contributed by atoms with Crippen molar-refractivity contribution in [2.45, 2.75) is 111 Å². The molecule has 0 radical (unpaired) electrons. The molecule has 25 heteroatoms. The van der Waals surface area contributed by atoms with Crippen molar-refractivity contribution >= 4 is 41.2 Å². The molecule has 6 aromatic rings. The topological polar surface area (TPSA) is 296 Å². The number of piperazine rings is 1. The SMILES string of the molecule is C[C@@H]1CN(c2ncc(-c3ccc4c(n3)N(Cc3cccnc3C#N)C(C)(C)C4=O)cn2)CCN1C(=O)Cn1cc(COCCOCC(=O)N2CCC(Oc3ccc(Oc4cccc(OCC(=O)N[C@@H](CCC(C)(C)C)C(=O)O)c4)nc3)CC2)nn1. The first-order valence-corrected chi connectivity index (χ1v) is 28.2. The van der Waals surface area contributed by atoms with Crippen LogP contribution in [0.25, 0.3) is 11.3 Å². The molecule has 3 aliphatic rings. The van der Waals surface area contributed by atoms with E-state index in [-0.39, 0.29) is 81.3 Å². The predicted octanol–water partition coefficient (Wildman–Crippen LogP) is 5.68. The van der Waals surface area contributed by atoms with E-state index in [1.54, 1.807) is 90.5 Å². The van der Waals surface area contributed by atoms with Gasteiger partial charge in [-0.15, -0.1) is 5.10 Å². The molecule has 85 heavy (non-hydrogen) atoms. The van der Waals surface area contributed by atoms with E-state index in [1.807, 2.05) is 62.3 Å². The molecule has 8 heterocycles. The quantitative estimate of drug-likeness (QED) is 0.0689. The van der Waals surface area contributed by atoms with E-state index in [2.05, 4.69) is 41.6 Å². The first kappa shape index (κ1) is 60.4. The minimum absolute atomic E-state index is 0.00686. The lowest BCUT2D eigenvalue weighted by Crippen LogP contribution is -2.55. The van der Waals surface area contributed by atoms with E-state index < -0.39 is 23.5 Å². The minimum atomic E-state index is -1.09. The number of carboxylic acid groups (broad SMARTS) is 1. The van der Waals surface area contributed by atoms with Gasteiger partial charge in [0, 0.05) is 100 Å². The van der Waals surface area contributed by atoms with Gasteiger partial charge in [-0.25, -0.2) is 34.4 Å². The average Bonchev–Trinajstić information content (AvgIpc) is 3.33. The Hall–Kier alpha value is -9.15. The van der Waals surface area contributed by atoms with Crippen LogP contribution in [0, 0.1) is 16.7 Å². The van der Waals surface area contributed by atoms with Gasteiger partial charge in [0.2, 0.25) is 23.6 Å². The summed E-state index contributed by atoms with van der Waals surface area (Å²) >= 11 is 0. The first-order chi connectivity index (χ1) is 40.8. The van der Waals surface area contributed by atoms with Crippen LogP contribution in [0.2, 0.25) is 0 Å². The van der Waals surface area contributed by atoms with Gasteiger partial charge in [0.05, 0.1) is 49.0 Å². The maximum Gasteiger partial charge on any atom is 0.326 e. The van der Waals surface area contributed by atoms with Crippen LogP contribution < -0.4 is 29.3 Å². The molecule has 0 saturated carbocycles. The van der Waals surface area contributed by atoms with E-state index in [1.165, 1.54) is 4.68 Å². The van der Waals surface area contributed by atoms with Crippen molar-refractivity contribution in [3.8, 4) is 40.5 Å². The number of rotatable bonds is 24. The Morgan fingerprint density at radius 3 is 2.39 bits per heavy atom. The van der Waals surface area contributed by atoms with Gasteiger partial charge >= 0.3 is 5.97 Å². The van der Waals surface area contributed by atoms with E-state index >= 15 is 0 Å². The third-order valence-electron chi connectivity index (χ3n) is 14.8. The molecule has 2 N–H and O–H groups in total. The summed E-state index contributed by atoms with van der Waals surface area (Å²) in [5.41, 5.74) is 2.37. The number of carbonyl (C=O) groups is 5. The second-order valence-electron chi connectivity index (χ2n) is 22.8. The van der Waals surface area contributed by atoms with Gasteiger partial charge in [0.15, 0.2) is 12.4 Å².